The van der Waals surface area contributed by atoms with E-state index in [0.717, 1.165) is 65.4 Å². The number of hydrogen-bond acceptors (Lipinski definition) is 5. The molecule has 0 radical (unpaired) electrons. The van der Waals surface area contributed by atoms with Gasteiger partial charge in [-0.3, -0.25) is 14.7 Å². The van der Waals surface area contributed by atoms with Gasteiger partial charge in [-0.25, -0.2) is 0 Å². The average molecular weight is 348 g/mol. The highest BCUT2D eigenvalue weighted by Crippen LogP contribution is 2.19. The number of fused-ring (bicyclic) bond motifs is 1. The van der Waals surface area contributed by atoms with Crippen molar-refractivity contribution in [1.29, 1.82) is 0 Å². The number of hydrogen-bond donors (Lipinski definition) is 1. The molecule has 2 atom stereocenters. The maximum absolute atomic E-state index is 10.6. The van der Waals surface area contributed by atoms with Gasteiger partial charge in [-0.05, 0) is 24.5 Å². The fourth-order valence-corrected chi connectivity index (χ4v) is 4.14. The van der Waals surface area contributed by atoms with E-state index in [0.29, 0.717) is 6.04 Å². The van der Waals surface area contributed by atoms with Crippen LogP contribution in [0.3, 0.4) is 0 Å². The lowest BCUT2D eigenvalue weighted by atomic mass is 10.00. The maximum atomic E-state index is 10.6. The van der Waals surface area contributed by atoms with E-state index in [-0.39, 0.29) is 6.10 Å². The lowest BCUT2D eigenvalue weighted by Crippen LogP contribution is -2.54. The first kappa shape index (κ1) is 18.8. The third kappa shape index (κ3) is 5.25. The van der Waals surface area contributed by atoms with Gasteiger partial charge in [0.2, 0.25) is 0 Å². The van der Waals surface area contributed by atoms with Crippen LogP contribution in [-0.2, 0) is 17.7 Å². The molecule has 0 saturated carbocycles. The van der Waals surface area contributed by atoms with Crippen molar-refractivity contribution in [1.82, 2.24) is 14.7 Å². The molecule has 5 nitrogen and oxygen atoms in total. The number of benzene rings is 1. The molecular weight excluding hydrogens is 314 g/mol. The zero-order valence-corrected chi connectivity index (χ0v) is 15.7. The summed E-state index contributed by atoms with van der Waals surface area (Å²) < 4.78 is 5.19. The fourth-order valence-electron chi connectivity index (χ4n) is 4.14. The zero-order chi connectivity index (χ0) is 17.6. The van der Waals surface area contributed by atoms with E-state index in [2.05, 4.69) is 45.9 Å². The second-order valence-electron chi connectivity index (χ2n) is 7.55. The van der Waals surface area contributed by atoms with Crippen LogP contribution in [-0.4, -0.2) is 91.5 Å². The minimum absolute atomic E-state index is 0.275. The summed E-state index contributed by atoms with van der Waals surface area (Å²) in [7, 11) is 1.76. The Bertz CT molecular complexity index is 539. The van der Waals surface area contributed by atoms with Crippen LogP contribution in [0.15, 0.2) is 24.3 Å². The van der Waals surface area contributed by atoms with Gasteiger partial charge in [0.05, 0.1) is 12.7 Å². The van der Waals surface area contributed by atoms with Crippen LogP contribution in [0.2, 0.25) is 0 Å². The first-order valence-corrected chi connectivity index (χ1v) is 9.58. The molecule has 1 aromatic carbocycles. The Kier molecular flexibility index (Phi) is 6.84. The van der Waals surface area contributed by atoms with Crippen LogP contribution < -0.4 is 0 Å². The summed E-state index contributed by atoms with van der Waals surface area (Å²) in [5, 5.41) is 10.6. The second kappa shape index (κ2) is 9.10. The number of β-amino-alcohol motifs (C(OH)–C–C–N with tert-alkyl or cyclic N) is 1. The summed E-state index contributed by atoms with van der Waals surface area (Å²) in [4.78, 5) is 7.29. The summed E-state index contributed by atoms with van der Waals surface area (Å²) >= 11 is 0. The minimum Gasteiger partial charge on any atom is -0.390 e. The molecule has 0 bridgehead atoms. The molecule has 1 saturated heterocycles. The van der Waals surface area contributed by atoms with E-state index in [1.807, 2.05) is 0 Å². The molecule has 2 aliphatic heterocycles. The molecule has 0 aliphatic carbocycles. The monoisotopic (exact) mass is 347 g/mol. The van der Waals surface area contributed by atoms with Crippen molar-refractivity contribution in [2.75, 3.05) is 59.5 Å². The Hall–Kier alpha value is -0.980. The van der Waals surface area contributed by atoms with Crippen LogP contribution in [0, 0.1) is 0 Å². The summed E-state index contributed by atoms with van der Waals surface area (Å²) in [5.74, 6) is 0. The van der Waals surface area contributed by atoms with E-state index in [1.165, 1.54) is 11.1 Å². The number of piperazine rings is 1. The van der Waals surface area contributed by atoms with E-state index >= 15 is 0 Å². The lowest BCUT2D eigenvalue weighted by Gasteiger charge is -2.41. The Morgan fingerprint density at radius 1 is 1.12 bits per heavy atom. The van der Waals surface area contributed by atoms with Crippen LogP contribution in [0.4, 0.5) is 0 Å². The van der Waals surface area contributed by atoms with E-state index in [9.17, 15) is 5.11 Å². The number of aliphatic hydroxyl groups is 1. The van der Waals surface area contributed by atoms with Gasteiger partial charge in [-0.2, -0.15) is 0 Å². The Labute approximate surface area is 152 Å². The molecule has 140 valence electrons. The van der Waals surface area contributed by atoms with Gasteiger partial charge >= 0.3 is 0 Å². The normalized spacial score (nSPS) is 24.2. The van der Waals surface area contributed by atoms with Crippen LogP contribution in [0.5, 0.6) is 0 Å². The van der Waals surface area contributed by atoms with Gasteiger partial charge in [0.25, 0.3) is 0 Å². The highest BCUT2D eigenvalue weighted by atomic mass is 16.5. The molecule has 5 heteroatoms. The lowest BCUT2D eigenvalue weighted by molar-refractivity contribution is 0.0216. The first-order valence-electron chi connectivity index (χ1n) is 9.58. The molecule has 1 N–H and O–H groups in total. The zero-order valence-electron chi connectivity index (χ0n) is 15.7. The van der Waals surface area contributed by atoms with Gasteiger partial charge in [0, 0.05) is 65.5 Å². The predicted octanol–water partition coefficient (Wildman–Crippen LogP) is 1.06. The Morgan fingerprint density at radius 2 is 1.88 bits per heavy atom. The van der Waals surface area contributed by atoms with Crippen molar-refractivity contribution in [3.05, 3.63) is 35.4 Å². The van der Waals surface area contributed by atoms with E-state index in [4.69, 9.17) is 4.74 Å². The number of rotatable bonds is 7. The Balaban J connectivity index is 1.42. The van der Waals surface area contributed by atoms with Gasteiger partial charge in [-0.1, -0.05) is 24.3 Å². The maximum Gasteiger partial charge on any atom is 0.0793 e. The number of methoxy groups -OCH3 is 1. The quantitative estimate of drug-likeness (QED) is 0.799. The fraction of sp³-hybridized carbons (Fsp3) is 0.700. The van der Waals surface area contributed by atoms with Crippen molar-refractivity contribution in [2.45, 2.75) is 32.0 Å². The van der Waals surface area contributed by atoms with Crippen molar-refractivity contribution < 1.29 is 9.84 Å². The first-order chi connectivity index (χ1) is 12.2. The molecule has 2 unspecified atom stereocenters. The van der Waals surface area contributed by atoms with Gasteiger partial charge in [0.1, 0.15) is 0 Å². The van der Waals surface area contributed by atoms with E-state index in [1.54, 1.807) is 7.11 Å². The predicted molar refractivity (Wildman–Crippen MR) is 101 cm³/mol. The molecule has 0 amide bonds. The number of nitrogens with zero attached hydrogens (tertiary/aromatic N) is 3. The summed E-state index contributed by atoms with van der Waals surface area (Å²) in [6.07, 6.45) is 0.820. The molecule has 1 aromatic rings. The molecular formula is C20H33N3O2. The van der Waals surface area contributed by atoms with Crippen molar-refractivity contribution in [3.8, 4) is 0 Å². The van der Waals surface area contributed by atoms with Crippen LogP contribution in [0.1, 0.15) is 18.1 Å². The van der Waals surface area contributed by atoms with E-state index < -0.39 is 0 Å². The Morgan fingerprint density at radius 3 is 2.64 bits per heavy atom. The van der Waals surface area contributed by atoms with Gasteiger partial charge in [0.15, 0.2) is 0 Å². The molecule has 2 aliphatic rings. The van der Waals surface area contributed by atoms with Crippen LogP contribution in [0.25, 0.3) is 0 Å². The second-order valence-corrected chi connectivity index (χ2v) is 7.55. The van der Waals surface area contributed by atoms with Gasteiger partial charge < -0.3 is 9.84 Å². The van der Waals surface area contributed by atoms with Crippen molar-refractivity contribution in [3.63, 3.8) is 0 Å². The van der Waals surface area contributed by atoms with Gasteiger partial charge in [-0.15, -0.1) is 0 Å². The molecule has 25 heavy (non-hydrogen) atoms. The van der Waals surface area contributed by atoms with Crippen molar-refractivity contribution in [2.24, 2.45) is 0 Å². The third-order valence-corrected chi connectivity index (χ3v) is 5.58. The smallest absolute Gasteiger partial charge is 0.0793 e. The molecule has 2 heterocycles. The molecule has 3 rings (SSSR count). The summed E-state index contributed by atoms with van der Waals surface area (Å²) in [5.41, 5.74) is 2.88. The standard InChI is InChI=1S/C20H33N3O2/c1-17-13-22(9-10-23(17)11-12-25-2)16-20(24)15-21-8-7-18-5-3-4-6-19(18)14-21/h3-6,17,20,24H,7-16H2,1-2H3. The third-order valence-electron chi connectivity index (χ3n) is 5.58. The number of aliphatic hydroxyl groups excluding tert-OH is 1. The molecule has 0 aromatic heterocycles. The highest BCUT2D eigenvalue weighted by Gasteiger charge is 2.25. The molecule has 1 fully saturated rings. The topological polar surface area (TPSA) is 39.2 Å². The van der Waals surface area contributed by atoms with Crippen LogP contribution >= 0.6 is 0 Å². The largest absolute Gasteiger partial charge is 0.390 e. The SMILES string of the molecule is COCCN1CCN(CC(O)CN2CCc3ccccc3C2)CC1C. The summed E-state index contributed by atoms with van der Waals surface area (Å²) in [6, 6.07) is 9.21. The highest BCUT2D eigenvalue weighted by molar-refractivity contribution is 5.29. The molecule has 0 spiro atoms. The average Bonchev–Trinajstić information content (AvgIpc) is 2.61. The minimum atomic E-state index is -0.275. The number of ether oxygens (including phenoxy) is 1. The van der Waals surface area contributed by atoms with Crippen molar-refractivity contribution >= 4 is 0 Å². The summed E-state index contributed by atoms with van der Waals surface area (Å²) in [6.45, 7) is 10.8.